The van der Waals surface area contributed by atoms with Gasteiger partial charge in [0.05, 0.1) is 38.8 Å². The van der Waals surface area contributed by atoms with Crippen LogP contribution in [0.5, 0.6) is 0 Å². The Kier molecular flexibility index (Phi) is 25.2. The fraction of sp³-hybridized carbons (Fsp3) is 0.0845. The number of benzene rings is 22. The number of aromatic nitrogens is 3. The van der Waals surface area contributed by atoms with Crippen molar-refractivity contribution in [3.05, 3.63) is 557 Å². The Labute approximate surface area is 868 Å². The highest BCUT2D eigenvalue weighted by Gasteiger charge is 2.27. The molecule has 6 nitrogen and oxygen atoms in total. The molecule has 3 aromatic heterocycles. The predicted octanol–water partition coefficient (Wildman–Crippen LogP) is 39.8. The zero-order valence-corrected chi connectivity index (χ0v) is 85.1. The fourth-order valence-corrected chi connectivity index (χ4v) is 21.3. The second-order valence-electron chi connectivity index (χ2n) is 41.7. The number of para-hydroxylation sites is 6. The summed E-state index contributed by atoms with van der Waals surface area (Å²) in [6.45, 7) is 20.6. The molecule has 0 saturated carbocycles. The third-order valence-corrected chi connectivity index (χ3v) is 29.0. The third kappa shape index (κ3) is 18.7. The van der Waals surface area contributed by atoms with Gasteiger partial charge in [0.25, 0.3) is 0 Å². The molecule has 148 heavy (non-hydrogen) atoms. The van der Waals surface area contributed by atoms with E-state index in [0.29, 0.717) is 0 Å². The van der Waals surface area contributed by atoms with Crippen molar-refractivity contribution in [2.45, 2.75) is 78.6 Å². The molecule has 0 aliphatic carbocycles. The Hall–Kier alpha value is -18.1. The van der Waals surface area contributed by atoms with Crippen LogP contribution in [0.15, 0.2) is 540 Å². The lowest BCUT2D eigenvalue weighted by molar-refractivity contribution is 0.591. The minimum absolute atomic E-state index is 0.0471. The molecule has 0 spiro atoms. The number of anilines is 9. The molecular weight excluding hydrogens is 1790 g/mol. The molecular formula is C142H116N6. The van der Waals surface area contributed by atoms with E-state index in [0.717, 1.165) is 51.2 Å². The van der Waals surface area contributed by atoms with Gasteiger partial charge in [0.15, 0.2) is 0 Å². The van der Waals surface area contributed by atoms with Gasteiger partial charge in [0, 0.05) is 100 Å². The van der Waals surface area contributed by atoms with Crippen molar-refractivity contribution in [2.24, 2.45) is 0 Å². The molecule has 0 aliphatic heterocycles. The first-order chi connectivity index (χ1) is 72.3. The maximum Gasteiger partial charge on any atom is 0.0541 e. The van der Waals surface area contributed by atoms with Crippen LogP contribution in [-0.2, 0) is 16.2 Å². The molecule has 0 atom stereocenters. The molecule has 3 heterocycles. The summed E-state index contributed by atoms with van der Waals surface area (Å²) in [5, 5.41) is 10.1. The Morgan fingerprint density at radius 2 is 0.365 bits per heavy atom. The molecule has 22 aromatic carbocycles. The highest BCUT2D eigenvalue weighted by atomic mass is 15.2. The van der Waals surface area contributed by atoms with Crippen molar-refractivity contribution >= 4 is 127 Å². The highest BCUT2D eigenvalue weighted by Crippen LogP contribution is 2.49. The SMILES string of the molecule is CC(C)(C)c1ccc2c(c1)c1cc(-c3ccc(N(c4ccccc4)c4ccc(-c5ccccc5)cc4)c4ccccc34)ccc1n2-c1ccccc1.CC(C)(C)c1ccc2c(c1)c1cc(-c3ccc(N(c4ccccc4)c4ccc(-c5ccccc5)cc4)cc3)ccc1n2-c1ccccc1.CC(C)(C)c1ccc2c(c1)c1cc(-c3cccc(N(c4ccccc4)c4ccc(-c5ccccc5)cc4)c3)ccc1n2-c1ccccc1. The van der Waals surface area contributed by atoms with Crippen LogP contribution in [0.3, 0.4) is 0 Å². The summed E-state index contributed by atoms with van der Waals surface area (Å²) in [6, 6.07) is 196. The minimum atomic E-state index is 0.0471. The standard InChI is InChI=1S/C50H40N2.2C46H38N2/c1-50(2,3)38-26-31-49-46(34-38)45-33-37(25-30-48(45)52(49)40-19-11-6-12-20-40)42-29-32-47(44-22-14-13-21-43(42)44)51(39-17-9-5-10-18-39)41-27-23-36(24-28-41)35-15-7-4-8-16-35;1-46(2,3)37-25-29-45-43(32-37)42-31-36(24-28-44(42)48(45)39-19-11-6-12-20-39)35-16-13-21-41(30-35)47(38-17-9-5-10-18-38)40-26-22-34(23-27-40)33-14-7-4-8-15-33;1-46(2,3)37-24-30-45-43(32-37)42-31-36(23-29-44(42)48(45)39-17-11-6-12-18-39)35-21-27-41(28-22-35)47(38-15-9-5-10-16-38)40-25-19-34(20-26-40)33-13-7-4-8-14-33/h4-34H,1-3H3;2*4-32H,1-3H3. The van der Waals surface area contributed by atoms with Crippen molar-refractivity contribution < 1.29 is 0 Å². The average Bonchev–Trinajstić information content (AvgIpc) is 1.59. The van der Waals surface area contributed by atoms with Gasteiger partial charge in [-0.15, -0.1) is 0 Å². The second-order valence-corrected chi connectivity index (χ2v) is 41.7. The molecule has 0 saturated heterocycles. The lowest BCUT2D eigenvalue weighted by Gasteiger charge is -2.27. The van der Waals surface area contributed by atoms with Crippen molar-refractivity contribution in [1.29, 1.82) is 0 Å². The van der Waals surface area contributed by atoms with Crippen LogP contribution >= 0.6 is 0 Å². The molecule has 0 radical (unpaired) electrons. The number of rotatable bonds is 18. The first kappa shape index (κ1) is 93.5. The summed E-state index contributed by atoms with van der Waals surface area (Å²) in [7, 11) is 0. The van der Waals surface area contributed by atoms with Gasteiger partial charge < -0.3 is 28.4 Å². The topological polar surface area (TPSA) is 24.5 Å². The molecule has 0 bridgehead atoms. The summed E-state index contributed by atoms with van der Waals surface area (Å²) in [4.78, 5) is 7.04. The zero-order valence-electron chi connectivity index (χ0n) is 85.1. The average molecular weight is 1910 g/mol. The molecule has 25 rings (SSSR count). The van der Waals surface area contributed by atoms with Gasteiger partial charge in [0.1, 0.15) is 0 Å². The predicted molar refractivity (Wildman–Crippen MR) is 633 cm³/mol. The van der Waals surface area contributed by atoms with Gasteiger partial charge >= 0.3 is 0 Å². The monoisotopic (exact) mass is 1900 g/mol. The van der Waals surface area contributed by atoms with Crippen molar-refractivity contribution in [3.63, 3.8) is 0 Å². The van der Waals surface area contributed by atoms with E-state index in [4.69, 9.17) is 0 Å². The van der Waals surface area contributed by atoms with E-state index in [1.165, 1.54) is 177 Å². The minimum Gasteiger partial charge on any atom is -0.311 e. The van der Waals surface area contributed by atoms with E-state index in [9.17, 15) is 0 Å². The second kappa shape index (κ2) is 39.9. The molecule has 0 amide bonds. The Balaban J connectivity index is 0.000000122. The quantitative estimate of drug-likeness (QED) is 0.0856. The summed E-state index contributed by atoms with van der Waals surface area (Å²) >= 11 is 0. The van der Waals surface area contributed by atoms with Gasteiger partial charge in [-0.25, -0.2) is 0 Å². The summed E-state index contributed by atoms with van der Waals surface area (Å²) in [5.74, 6) is 0. The summed E-state index contributed by atoms with van der Waals surface area (Å²) < 4.78 is 7.20. The first-order valence-corrected chi connectivity index (χ1v) is 51.5. The number of fused-ring (bicyclic) bond motifs is 10. The van der Waals surface area contributed by atoms with Crippen molar-refractivity contribution in [1.82, 2.24) is 13.7 Å². The lowest BCUT2D eigenvalue weighted by Crippen LogP contribution is -2.10. The molecule has 25 aromatic rings. The molecule has 0 N–H and O–H groups in total. The van der Waals surface area contributed by atoms with Crippen molar-refractivity contribution in [3.8, 4) is 83.8 Å². The Morgan fingerprint density at radius 3 is 0.709 bits per heavy atom. The largest absolute Gasteiger partial charge is 0.311 e. The first-order valence-electron chi connectivity index (χ1n) is 51.5. The van der Waals surface area contributed by atoms with E-state index >= 15 is 0 Å². The summed E-state index contributed by atoms with van der Waals surface area (Å²) in [5.41, 5.74) is 39.7. The molecule has 6 heteroatoms. The lowest BCUT2D eigenvalue weighted by atomic mass is 9.86. The summed E-state index contributed by atoms with van der Waals surface area (Å²) in [6.07, 6.45) is 0. The number of hydrogen-bond acceptors (Lipinski definition) is 3. The smallest absolute Gasteiger partial charge is 0.0541 e. The van der Waals surface area contributed by atoms with Gasteiger partial charge in [-0.3, -0.25) is 0 Å². The van der Waals surface area contributed by atoms with Gasteiger partial charge in [0.2, 0.25) is 0 Å². The van der Waals surface area contributed by atoms with E-state index in [1.807, 2.05) is 0 Å². The highest BCUT2D eigenvalue weighted by molar-refractivity contribution is 6.15. The Bertz CT molecular complexity index is 9040. The van der Waals surface area contributed by atoms with Crippen LogP contribution in [0.2, 0.25) is 0 Å². The van der Waals surface area contributed by atoms with E-state index in [1.54, 1.807) is 0 Å². The van der Waals surface area contributed by atoms with Crippen LogP contribution < -0.4 is 14.7 Å². The van der Waals surface area contributed by atoms with E-state index < -0.39 is 0 Å². The van der Waals surface area contributed by atoms with Crippen LogP contribution in [0, 0.1) is 0 Å². The number of nitrogens with zero attached hydrogens (tertiary/aromatic N) is 6. The van der Waals surface area contributed by atoms with E-state index in [2.05, 4.69) is 631 Å². The molecule has 714 valence electrons. The van der Waals surface area contributed by atoms with E-state index in [-0.39, 0.29) is 16.2 Å². The van der Waals surface area contributed by atoms with Gasteiger partial charge in [-0.2, -0.15) is 0 Å². The maximum absolute atomic E-state index is 2.41. The molecule has 0 unspecified atom stereocenters. The van der Waals surface area contributed by atoms with Crippen LogP contribution in [0.4, 0.5) is 51.2 Å². The van der Waals surface area contributed by atoms with Crippen LogP contribution in [-0.4, -0.2) is 13.7 Å². The Morgan fingerprint density at radius 1 is 0.142 bits per heavy atom. The molecule has 0 aliphatic rings. The number of hydrogen-bond donors (Lipinski definition) is 0. The van der Waals surface area contributed by atoms with Crippen LogP contribution in [0.1, 0.15) is 79.0 Å². The fourth-order valence-electron chi connectivity index (χ4n) is 21.3. The normalized spacial score (nSPS) is 11.7. The van der Waals surface area contributed by atoms with Crippen LogP contribution in [0.25, 0.3) is 160 Å². The zero-order chi connectivity index (χ0) is 101. The van der Waals surface area contributed by atoms with Crippen molar-refractivity contribution in [2.75, 3.05) is 14.7 Å². The third-order valence-electron chi connectivity index (χ3n) is 29.0. The molecule has 0 fully saturated rings. The maximum atomic E-state index is 2.41. The van der Waals surface area contributed by atoms with Gasteiger partial charge in [-0.05, 0) is 317 Å². The van der Waals surface area contributed by atoms with Gasteiger partial charge in [-0.1, -0.05) is 390 Å².